The van der Waals surface area contributed by atoms with Crippen LogP contribution in [-0.4, -0.2) is 96.7 Å². The van der Waals surface area contributed by atoms with Gasteiger partial charge >= 0.3 is 39.5 Å². The third-order valence-corrected chi connectivity index (χ3v) is 18.9. The van der Waals surface area contributed by atoms with Crippen LogP contribution >= 0.6 is 15.6 Å². The minimum atomic E-state index is -4.95. The van der Waals surface area contributed by atoms with Crippen LogP contribution in [0.25, 0.3) is 0 Å². The van der Waals surface area contributed by atoms with Crippen LogP contribution in [-0.2, 0) is 65.4 Å². The van der Waals surface area contributed by atoms with Gasteiger partial charge in [-0.15, -0.1) is 0 Å². The predicted octanol–water partition coefficient (Wildman–Crippen LogP) is 20.6. The van der Waals surface area contributed by atoms with Gasteiger partial charge in [-0.2, -0.15) is 0 Å². The van der Waals surface area contributed by atoms with Gasteiger partial charge in [-0.25, -0.2) is 9.13 Å². The molecule has 6 atom stereocenters. The molecule has 540 valence electrons. The number of phosphoric acid groups is 2. The highest BCUT2D eigenvalue weighted by atomic mass is 31.2. The van der Waals surface area contributed by atoms with E-state index in [0.717, 1.165) is 108 Å². The van der Waals surface area contributed by atoms with E-state index in [1.807, 2.05) is 0 Å². The van der Waals surface area contributed by atoms with Crippen molar-refractivity contribution in [2.45, 2.75) is 381 Å². The molecule has 0 rings (SSSR count). The topological polar surface area (TPSA) is 237 Å². The Balaban J connectivity index is 5.21. The zero-order valence-electron chi connectivity index (χ0n) is 59.3. The molecule has 0 amide bonds. The Hall–Kier alpha value is -1.94. The Morgan fingerprint density at radius 2 is 0.560 bits per heavy atom. The van der Waals surface area contributed by atoms with E-state index in [-0.39, 0.29) is 25.7 Å². The van der Waals surface area contributed by atoms with Gasteiger partial charge in [-0.1, -0.05) is 312 Å². The molecular weight excluding hydrogens is 1200 g/mol. The molecule has 0 aromatic rings. The van der Waals surface area contributed by atoms with Crippen LogP contribution < -0.4 is 0 Å². The van der Waals surface area contributed by atoms with Gasteiger partial charge < -0.3 is 33.8 Å². The summed E-state index contributed by atoms with van der Waals surface area (Å²) in [4.78, 5) is 72.5. The van der Waals surface area contributed by atoms with Crippen molar-refractivity contribution >= 4 is 39.5 Å². The summed E-state index contributed by atoms with van der Waals surface area (Å²) < 4.78 is 68.3. The second-order valence-corrected chi connectivity index (χ2v) is 30.1. The number of rotatable bonds is 70. The summed E-state index contributed by atoms with van der Waals surface area (Å²) in [6.45, 7) is 11.8. The van der Waals surface area contributed by atoms with Crippen molar-refractivity contribution in [3.63, 3.8) is 0 Å². The standard InChI is InChI=1S/C72H140O17P2/c1-8-10-11-12-13-22-32-39-46-53-69(74)82-59-68(89-72(77)56-49-42-35-27-25-30-37-44-51-64(5)6)62-87-91(80,81)85-58-66(73)57-84-90(78,79)86-61-67(60-83-70(75)54-47-40-33-28-26-31-38-45-52-65(7)9-2)88-71(76)55-48-41-34-24-21-19-17-15-14-16-18-20-23-29-36-43-50-63(3)4/h63-68,73H,8-62H2,1-7H3,(H,78,79)(H,80,81)/t65?,66-,67-,68-/m1/s1. The fourth-order valence-corrected chi connectivity index (χ4v) is 12.4. The van der Waals surface area contributed by atoms with Gasteiger partial charge in [0.1, 0.15) is 19.3 Å². The second-order valence-electron chi connectivity index (χ2n) is 27.2. The number of aliphatic hydroxyl groups excluding tert-OH is 1. The fourth-order valence-electron chi connectivity index (χ4n) is 10.9. The average molecular weight is 1340 g/mol. The van der Waals surface area contributed by atoms with Crippen LogP contribution in [0.4, 0.5) is 0 Å². The number of hydrogen-bond acceptors (Lipinski definition) is 15. The van der Waals surface area contributed by atoms with Gasteiger partial charge in [0, 0.05) is 25.7 Å². The first-order valence-corrected chi connectivity index (χ1v) is 40.4. The quantitative estimate of drug-likeness (QED) is 0.0222. The van der Waals surface area contributed by atoms with Crippen molar-refractivity contribution in [1.29, 1.82) is 0 Å². The summed E-state index contributed by atoms with van der Waals surface area (Å²) in [6.07, 6.45) is 47.2. The van der Waals surface area contributed by atoms with Gasteiger partial charge in [0.2, 0.25) is 0 Å². The monoisotopic (exact) mass is 1340 g/mol. The molecule has 0 saturated carbocycles. The Bertz CT molecular complexity index is 1790. The maximum Gasteiger partial charge on any atom is 0.472 e. The number of aliphatic hydroxyl groups is 1. The molecule has 19 heteroatoms. The molecule has 17 nitrogen and oxygen atoms in total. The van der Waals surface area contributed by atoms with Gasteiger partial charge in [-0.3, -0.25) is 37.3 Å². The lowest BCUT2D eigenvalue weighted by Gasteiger charge is -2.21. The van der Waals surface area contributed by atoms with Crippen LogP contribution in [0.3, 0.4) is 0 Å². The van der Waals surface area contributed by atoms with Crippen LogP contribution in [0.2, 0.25) is 0 Å². The van der Waals surface area contributed by atoms with Crippen molar-refractivity contribution in [1.82, 2.24) is 0 Å². The number of carbonyl (C=O) groups is 4. The second kappa shape index (κ2) is 62.8. The third kappa shape index (κ3) is 65.1. The Morgan fingerprint density at radius 3 is 0.835 bits per heavy atom. The lowest BCUT2D eigenvalue weighted by atomic mass is 9.99. The third-order valence-electron chi connectivity index (χ3n) is 17.0. The van der Waals surface area contributed by atoms with Crippen LogP contribution in [0.1, 0.15) is 363 Å². The molecule has 0 spiro atoms. The zero-order valence-corrected chi connectivity index (χ0v) is 61.1. The lowest BCUT2D eigenvalue weighted by molar-refractivity contribution is -0.161. The summed E-state index contributed by atoms with van der Waals surface area (Å²) in [6, 6.07) is 0. The molecule has 3 unspecified atom stereocenters. The molecule has 3 N–H and O–H groups in total. The molecule has 0 radical (unpaired) electrons. The summed E-state index contributed by atoms with van der Waals surface area (Å²) in [5, 5.41) is 10.6. The summed E-state index contributed by atoms with van der Waals surface area (Å²) in [5.41, 5.74) is 0. The fraction of sp³-hybridized carbons (Fsp3) is 0.944. The predicted molar refractivity (Wildman–Crippen MR) is 368 cm³/mol. The number of ether oxygens (including phenoxy) is 4. The van der Waals surface area contributed by atoms with E-state index in [1.165, 1.54) is 173 Å². The smallest absolute Gasteiger partial charge is 0.462 e. The average Bonchev–Trinajstić information content (AvgIpc) is 3.26. The molecule has 0 aromatic heterocycles. The van der Waals surface area contributed by atoms with Crippen molar-refractivity contribution in [3.8, 4) is 0 Å². The molecule has 0 aromatic carbocycles. The molecule has 0 heterocycles. The minimum Gasteiger partial charge on any atom is -0.462 e. The van der Waals surface area contributed by atoms with Crippen LogP contribution in [0.5, 0.6) is 0 Å². The molecule has 0 aliphatic carbocycles. The van der Waals surface area contributed by atoms with E-state index >= 15 is 0 Å². The molecule has 0 saturated heterocycles. The van der Waals surface area contributed by atoms with Crippen molar-refractivity contribution in [2.24, 2.45) is 17.8 Å². The van der Waals surface area contributed by atoms with Crippen molar-refractivity contribution in [3.05, 3.63) is 0 Å². The first kappa shape index (κ1) is 89.1. The maximum absolute atomic E-state index is 13.0. The molecule has 0 bridgehead atoms. The Morgan fingerprint density at radius 1 is 0.319 bits per heavy atom. The normalized spacial score (nSPS) is 14.5. The molecular formula is C72H140O17P2. The number of phosphoric ester groups is 2. The number of carbonyl (C=O) groups excluding carboxylic acids is 4. The van der Waals surface area contributed by atoms with Gasteiger partial charge in [0.25, 0.3) is 0 Å². The lowest BCUT2D eigenvalue weighted by Crippen LogP contribution is -2.30. The Labute approximate surface area is 556 Å². The van der Waals surface area contributed by atoms with E-state index in [2.05, 4.69) is 48.5 Å². The van der Waals surface area contributed by atoms with E-state index in [1.54, 1.807) is 0 Å². The summed E-state index contributed by atoms with van der Waals surface area (Å²) in [7, 11) is -9.90. The number of unbranched alkanes of at least 4 members (excludes halogenated alkanes) is 37. The summed E-state index contributed by atoms with van der Waals surface area (Å²) >= 11 is 0. The van der Waals surface area contributed by atoms with Crippen molar-refractivity contribution < 1.29 is 80.2 Å². The maximum atomic E-state index is 13.0. The van der Waals surface area contributed by atoms with Crippen LogP contribution in [0.15, 0.2) is 0 Å². The largest absolute Gasteiger partial charge is 0.472 e. The van der Waals surface area contributed by atoms with E-state index in [0.29, 0.717) is 25.7 Å². The molecule has 0 fully saturated rings. The molecule has 91 heavy (non-hydrogen) atoms. The van der Waals surface area contributed by atoms with E-state index in [9.17, 15) is 43.2 Å². The van der Waals surface area contributed by atoms with Crippen molar-refractivity contribution in [2.75, 3.05) is 39.6 Å². The number of esters is 4. The van der Waals surface area contributed by atoms with Gasteiger partial charge in [0.05, 0.1) is 26.4 Å². The zero-order chi connectivity index (χ0) is 67.3. The summed E-state index contributed by atoms with van der Waals surface area (Å²) in [5.74, 6) is 0.179. The van der Waals surface area contributed by atoms with E-state index in [4.69, 9.17) is 37.0 Å². The highest BCUT2D eigenvalue weighted by Crippen LogP contribution is 2.45. The number of hydrogen-bond donors (Lipinski definition) is 3. The highest BCUT2D eigenvalue weighted by Gasteiger charge is 2.30. The molecule has 0 aliphatic heterocycles. The van der Waals surface area contributed by atoms with Crippen LogP contribution in [0, 0.1) is 17.8 Å². The highest BCUT2D eigenvalue weighted by molar-refractivity contribution is 7.47. The van der Waals surface area contributed by atoms with Gasteiger partial charge in [-0.05, 0) is 43.4 Å². The first-order valence-electron chi connectivity index (χ1n) is 37.4. The minimum absolute atomic E-state index is 0.104. The SMILES string of the molecule is CCCCCCCCCCCC(=O)OC[C@H](COP(=O)(O)OC[C@H](O)COP(=O)(O)OC[C@@H](COC(=O)CCCCCCCCCCC(C)CC)OC(=O)CCCCCCCCCCCCCCCCCCC(C)C)OC(=O)CCCCCCCCCCC(C)C. The first-order chi connectivity index (χ1) is 43.8. The van der Waals surface area contributed by atoms with E-state index < -0.39 is 97.5 Å². The molecule has 0 aliphatic rings. The van der Waals surface area contributed by atoms with Gasteiger partial charge in [0.15, 0.2) is 12.2 Å². The Kier molecular flexibility index (Phi) is 61.5.